The van der Waals surface area contributed by atoms with E-state index in [4.69, 9.17) is 4.74 Å². The highest BCUT2D eigenvalue weighted by Crippen LogP contribution is 2.21. The molecular formula is C16H18N2O. The second kappa shape index (κ2) is 6.05. The van der Waals surface area contributed by atoms with E-state index in [-0.39, 0.29) is 0 Å². The molecule has 0 aliphatic rings. The Morgan fingerprint density at radius 1 is 1.00 bits per heavy atom. The van der Waals surface area contributed by atoms with E-state index in [0.29, 0.717) is 0 Å². The van der Waals surface area contributed by atoms with E-state index >= 15 is 0 Å². The highest BCUT2D eigenvalue weighted by atomic mass is 16.5. The van der Waals surface area contributed by atoms with Crippen LogP contribution in [0.25, 0.3) is 16.6 Å². The van der Waals surface area contributed by atoms with Crippen LogP contribution in [0.1, 0.15) is 13.8 Å². The quantitative estimate of drug-likeness (QED) is 0.689. The van der Waals surface area contributed by atoms with Gasteiger partial charge in [0.15, 0.2) is 0 Å². The molecule has 0 fully saturated rings. The van der Waals surface area contributed by atoms with Crippen molar-refractivity contribution in [1.82, 2.24) is 9.55 Å². The molecule has 0 radical (unpaired) electrons. The fraction of sp³-hybridized carbons (Fsp3) is 0.188. The van der Waals surface area contributed by atoms with Gasteiger partial charge in [-0.1, -0.05) is 13.8 Å². The Morgan fingerprint density at radius 3 is 2.42 bits per heavy atom. The Balaban J connectivity index is 0.000000637. The monoisotopic (exact) mass is 254 g/mol. The molecule has 0 saturated carbocycles. The largest absolute Gasteiger partial charge is 0.497 e. The lowest BCUT2D eigenvalue weighted by molar-refractivity contribution is 0.415. The van der Waals surface area contributed by atoms with Crippen LogP contribution >= 0.6 is 0 Å². The standard InChI is InChI=1S/C14H12N2O.C2H6/c1-17-13-4-2-12(3-5-13)16-9-7-11-10-15-8-6-14(11)16;1-2/h2-10H,1H3;1-2H3. The molecule has 3 heteroatoms. The van der Waals surface area contributed by atoms with Crippen LogP contribution in [0.5, 0.6) is 5.75 Å². The van der Waals surface area contributed by atoms with E-state index in [1.54, 1.807) is 7.11 Å². The Bertz CT molecular complexity index is 641. The summed E-state index contributed by atoms with van der Waals surface area (Å²) in [5.41, 5.74) is 2.28. The Kier molecular flexibility index (Phi) is 4.18. The van der Waals surface area contributed by atoms with Gasteiger partial charge in [-0.3, -0.25) is 4.98 Å². The van der Waals surface area contributed by atoms with E-state index in [2.05, 4.69) is 15.6 Å². The predicted octanol–water partition coefficient (Wildman–Crippen LogP) is 4.06. The molecule has 0 aliphatic heterocycles. The van der Waals surface area contributed by atoms with Crippen molar-refractivity contribution in [3.8, 4) is 11.4 Å². The summed E-state index contributed by atoms with van der Waals surface area (Å²) in [5, 5.41) is 1.14. The number of rotatable bonds is 2. The zero-order valence-electron chi connectivity index (χ0n) is 11.5. The number of fused-ring (bicyclic) bond motifs is 1. The molecule has 3 rings (SSSR count). The number of pyridine rings is 1. The van der Waals surface area contributed by atoms with Gasteiger partial charge in [0.2, 0.25) is 0 Å². The molecule has 2 heterocycles. The first-order valence-corrected chi connectivity index (χ1v) is 6.44. The van der Waals surface area contributed by atoms with Crippen molar-refractivity contribution in [2.45, 2.75) is 13.8 Å². The van der Waals surface area contributed by atoms with E-state index in [1.807, 2.05) is 62.8 Å². The maximum atomic E-state index is 5.15. The molecule has 0 atom stereocenters. The van der Waals surface area contributed by atoms with E-state index in [1.165, 1.54) is 0 Å². The van der Waals surface area contributed by atoms with Crippen LogP contribution in [-0.2, 0) is 0 Å². The number of hydrogen-bond acceptors (Lipinski definition) is 2. The summed E-state index contributed by atoms with van der Waals surface area (Å²) in [7, 11) is 1.67. The van der Waals surface area contributed by atoms with Crippen LogP contribution in [0.2, 0.25) is 0 Å². The molecule has 3 nitrogen and oxygen atoms in total. The Labute approximate surface area is 113 Å². The average molecular weight is 254 g/mol. The molecule has 0 N–H and O–H groups in total. The fourth-order valence-corrected chi connectivity index (χ4v) is 1.95. The number of ether oxygens (including phenoxy) is 1. The first kappa shape index (κ1) is 13.1. The molecule has 2 aromatic heterocycles. The number of methoxy groups -OCH3 is 1. The molecular weight excluding hydrogens is 236 g/mol. The van der Waals surface area contributed by atoms with Crippen LogP contribution in [-0.4, -0.2) is 16.7 Å². The van der Waals surface area contributed by atoms with Gasteiger partial charge < -0.3 is 9.30 Å². The molecule has 0 bridgehead atoms. The van der Waals surface area contributed by atoms with Crippen LogP contribution in [0, 0.1) is 0 Å². The SMILES string of the molecule is CC.COc1ccc(-n2ccc3cnccc32)cc1. The molecule has 0 aliphatic carbocycles. The van der Waals surface area contributed by atoms with Crippen molar-refractivity contribution in [3.63, 3.8) is 0 Å². The lowest BCUT2D eigenvalue weighted by atomic mass is 10.3. The predicted molar refractivity (Wildman–Crippen MR) is 79.0 cm³/mol. The zero-order valence-corrected chi connectivity index (χ0v) is 11.5. The molecule has 1 aromatic carbocycles. The summed E-state index contributed by atoms with van der Waals surface area (Å²) in [5.74, 6) is 0.867. The van der Waals surface area contributed by atoms with E-state index in [9.17, 15) is 0 Å². The van der Waals surface area contributed by atoms with Gasteiger partial charge in [-0.25, -0.2) is 0 Å². The highest BCUT2D eigenvalue weighted by molar-refractivity contribution is 5.80. The minimum absolute atomic E-state index is 0.867. The van der Waals surface area contributed by atoms with Crippen molar-refractivity contribution in [2.24, 2.45) is 0 Å². The minimum Gasteiger partial charge on any atom is -0.497 e. The van der Waals surface area contributed by atoms with Crippen LogP contribution in [0.4, 0.5) is 0 Å². The zero-order chi connectivity index (χ0) is 13.7. The third kappa shape index (κ3) is 2.60. The molecule has 3 aromatic rings. The molecule has 98 valence electrons. The van der Waals surface area contributed by atoms with E-state index < -0.39 is 0 Å². The Hall–Kier alpha value is -2.29. The number of benzene rings is 1. The second-order valence-corrected chi connectivity index (χ2v) is 3.82. The van der Waals surface area contributed by atoms with Crippen molar-refractivity contribution in [2.75, 3.05) is 7.11 Å². The lowest BCUT2D eigenvalue weighted by Crippen LogP contribution is -1.92. The van der Waals surface area contributed by atoms with Crippen molar-refractivity contribution < 1.29 is 4.74 Å². The summed E-state index contributed by atoms with van der Waals surface area (Å²) in [6.07, 6.45) is 5.73. The Morgan fingerprint density at radius 2 is 1.74 bits per heavy atom. The topological polar surface area (TPSA) is 27.1 Å². The maximum Gasteiger partial charge on any atom is 0.119 e. The maximum absolute atomic E-state index is 5.15. The highest BCUT2D eigenvalue weighted by Gasteiger charge is 2.02. The smallest absolute Gasteiger partial charge is 0.119 e. The molecule has 0 spiro atoms. The van der Waals surface area contributed by atoms with Gasteiger partial charge in [-0.15, -0.1) is 0 Å². The average Bonchev–Trinajstić information content (AvgIpc) is 2.93. The molecule has 0 unspecified atom stereocenters. The summed E-state index contributed by atoms with van der Waals surface area (Å²) in [6, 6.07) is 12.1. The van der Waals surface area contributed by atoms with Gasteiger partial charge in [0.1, 0.15) is 5.75 Å². The van der Waals surface area contributed by atoms with E-state index in [0.717, 1.165) is 22.3 Å². The summed E-state index contributed by atoms with van der Waals surface area (Å²) < 4.78 is 7.29. The summed E-state index contributed by atoms with van der Waals surface area (Å²) >= 11 is 0. The summed E-state index contributed by atoms with van der Waals surface area (Å²) in [6.45, 7) is 4.00. The van der Waals surface area contributed by atoms with Gasteiger partial charge in [-0.05, 0) is 36.4 Å². The van der Waals surface area contributed by atoms with Gasteiger partial charge in [0.25, 0.3) is 0 Å². The van der Waals surface area contributed by atoms with Crippen LogP contribution in [0.15, 0.2) is 55.0 Å². The third-order valence-electron chi connectivity index (χ3n) is 2.84. The summed E-state index contributed by atoms with van der Waals surface area (Å²) in [4.78, 5) is 4.11. The molecule has 0 amide bonds. The third-order valence-corrected chi connectivity index (χ3v) is 2.84. The van der Waals surface area contributed by atoms with Crippen molar-refractivity contribution >= 4 is 10.9 Å². The lowest BCUT2D eigenvalue weighted by Gasteiger charge is -2.06. The van der Waals surface area contributed by atoms with Crippen LogP contribution in [0.3, 0.4) is 0 Å². The van der Waals surface area contributed by atoms with Gasteiger partial charge in [-0.2, -0.15) is 0 Å². The molecule has 0 saturated heterocycles. The van der Waals surface area contributed by atoms with Gasteiger partial charge in [0, 0.05) is 29.7 Å². The first-order valence-electron chi connectivity index (χ1n) is 6.44. The number of hydrogen-bond donors (Lipinski definition) is 0. The fourth-order valence-electron chi connectivity index (χ4n) is 1.95. The number of aromatic nitrogens is 2. The molecule has 19 heavy (non-hydrogen) atoms. The van der Waals surface area contributed by atoms with Crippen LogP contribution < -0.4 is 4.74 Å². The van der Waals surface area contributed by atoms with Crippen molar-refractivity contribution in [3.05, 3.63) is 55.0 Å². The second-order valence-electron chi connectivity index (χ2n) is 3.82. The van der Waals surface area contributed by atoms with Gasteiger partial charge in [0.05, 0.1) is 12.6 Å². The number of nitrogens with zero attached hydrogens (tertiary/aromatic N) is 2. The normalized spacial score (nSPS) is 9.84. The first-order chi connectivity index (χ1) is 9.38. The van der Waals surface area contributed by atoms with Crippen molar-refractivity contribution in [1.29, 1.82) is 0 Å². The minimum atomic E-state index is 0.867. The van der Waals surface area contributed by atoms with Gasteiger partial charge >= 0.3 is 0 Å².